The smallest absolute Gasteiger partial charge is 0.0663 e. The summed E-state index contributed by atoms with van der Waals surface area (Å²) >= 11 is 0. The van der Waals surface area contributed by atoms with Crippen molar-refractivity contribution < 1.29 is 4.74 Å². The molecule has 0 heterocycles. The van der Waals surface area contributed by atoms with E-state index in [1.807, 2.05) is 32.0 Å². The van der Waals surface area contributed by atoms with Gasteiger partial charge in [-0.2, -0.15) is 0 Å². The molecule has 0 radical (unpaired) electrons. The van der Waals surface area contributed by atoms with Gasteiger partial charge in [0.2, 0.25) is 0 Å². The Hall–Kier alpha value is -1.38. The zero-order valence-corrected chi connectivity index (χ0v) is 10.4. The average Bonchev–Trinajstić information content (AvgIpc) is 2.35. The molecule has 1 unspecified atom stereocenters. The number of nitrogens with two attached hydrogens (primary N) is 1. The minimum Gasteiger partial charge on any atom is -0.377 e. The normalized spacial score (nSPS) is 13.2. The summed E-state index contributed by atoms with van der Waals surface area (Å²) < 4.78 is 5.58. The van der Waals surface area contributed by atoms with Crippen molar-refractivity contribution in [2.45, 2.75) is 26.0 Å². The molecule has 2 nitrogen and oxygen atoms in total. The van der Waals surface area contributed by atoms with Crippen LogP contribution < -0.4 is 5.73 Å². The standard InChI is InChI=1S/C15H19NO/c1-11(2)17-10-15(16)14-9-5-7-12-6-3-4-8-13(12)14/h3-9,11,15H,10,16H2,1-2H3. The first-order valence-corrected chi connectivity index (χ1v) is 6.03. The van der Waals surface area contributed by atoms with Crippen LogP contribution in [0.2, 0.25) is 0 Å². The molecular weight excluding hydrogens is 210 g/mol. The molecule has 2 heteroatoms. The highest BCUT2D eigenvalue weighted by Crippen LogP contribution is 2.23. The molecule has 0 aliphatic heterocycles. The number of hydrogen-bond acceptors (Lipinski definition) is 2. The van der Waals surface area contributed by atoms with Crippen LogP contribution in [0.4, 0.5) is 0 Å². The van der Waals surface area contributed by atoms with Crippen molar-refractivity contribution in [3.8, 4) is 0 Å². The molecule has 0 saturated carbocycles. The fourth-order valence-corrected chi connectivity index (χ4v) is 1.96. The van der Waals surface area contributed by atoms with E-state index in [0.717, 1.165) is 5.56 Å². The lowest BCUT2D eigenvalue weighted by molar-refractivity contribution is 0.0685. The maximum Gasteiger partial charge on any atom is 0.0663 e. The van der Waals surface area contributed by atoms with Crippen LogP contribution in [0.5, 0.6) is 0 Å². The minimum atomic E-state index is -0.0662. The zero-order chi connectivity index (χ0) is 12.3. The highest BCUT2D eigenvalue weighted by Gasteiger charge is 2.10. The predicted molar refractivity (Wildman–Crippen MR) is 72.0 cm³/mol. The Labute approximate surface area is 102 Å². The Morgan fingerprint density at radius 2 is 1.76 bits per heavy atom. The van der Waals surface area contributed by atoms with Gasteiger partial charge >= 0.3 is 0 Å². The lowest BCUT2D eigenvalue weighted by Gasteiger charge is -2.16. The number of benzene rings is 2. The topological polar surface area (TPSA) is 35.2 Å². The molecule has 0 amide bonds. The molecule has 17 heavy (non-hydrogen) atoms. The Morgan fingerprint density at radius 3 is 2.53 bits per heavy atom. The molecule has 0 aromatic heterocycles. The van der Waals surface area contributed by atoms with Gasteiger partial charge in [-0.3, -0.25) is 0 Å². The maximum absolute atomic E-state index is 6.18. The molecule has 2 aromatic carbocycles. The molecule has 2 aromatic rings. The van der Waals surface area contributed by atoms with Gasteiger partial charge in [0.25, 0.3) is 0 Å². The molecule has 0 fully saturated rings. The second-order valence-electron chi connectivity index (χ2n) is 4.56. The Bertz CT molecular complexity index is 488. The van der Waals surface area contributed by atoms with Crippen LogP contribution >= 0.6 is 0 Å². The molecule has 0 aliphatic rings. The van der Waals surface area contributed by atoms with Gasteiger partial charge in [-0.05, 0) is 30.2 Å². The van der Waals surface area contributed by atoms with E-state index in [-0.39, 0.29) is 12.1 Å². The zero-order valence-electron chi connectivity index (χ0n) is 10.4. The monoisotopic (exact) mass is 229 g/mol. The van der Waals surface area contributed by atoms with E-state index >= 15 is 0 Å². The first-order chi connectivity index (χ1) is 8.18. The quantitative estimate of drug-likeness (QED) is 0.873. The fraction of sp³-hybridized carbons (Fsp3) is 0.333. The minimum absolute atomic E-state index is 0.0662. The Morgan fingerprint density at radius 1 is 1.06 bits per heavy atom. The van der Waals surface area contributed by atoms with Gasteiger partial charge in [0.1, 0.15) is 0 Å². The first-order valence-electron chi connectivity index (χ1n) is 6.03. The summed E-state index contributed by atoms with van der Waals surface area (Å²) in [6, 6.07) is 14.5. The molecule has 90 valence electrons. The summed E-state index contributed by atoms with van der Waals surface area (Å²) in [5, 5.41) is 2.44. The predicted octanol–water partition coefficient (Wildman–Crippen LogP) is 3.26. The van der Waals surface area contributed by atoms with Crippen molar-refractivity contribution >= 4 is 10.8 Å². The molecule has 1 atom stereocenters. The van der Waals surface area contributed by atoms with Crippen LogP contribution in [0.15, 0.2) is 42.5 Å². The molecule has 0 aliphatic carbocycles. The molecule has 0 saturated heterocycles. The van der Waals surface area contributed by atoms with E-state index < -0.39 is 0 Å². The molecule has 2 N–H and O–H groups in total. The van der Waals surface area contributed by atoms with Crippen LogP contribution in [0.3, 0.4) is 0 Å². The van der Waals surface area contributed by atoms with Crippen LogP contribution in [0, 0.1) is 0 Å². The summed E-state index contributed by atoms with van der Waals surface area (Å²) in [6.45, 7) is 4.61. The number of hydrogen-bond donors (Lipinski definition) is 1. The third kappa shape index (κ3) is 2.84. The number of rotatable bonds is 4. The molecule has 0 bridgehead atoms. The SMILES string of the molecule is CC(C)OCC(N)c1cccc2ccccc12. The second-order valence-corrected chi connectivity index (χ2v) is 4.56. The van der Waals surface area contributed by atoms with E-state index in [1.165, 1.54) is 10.8 Å². The van der Waals surface area contributed by atoms with E-state index in [1.54, 1.807) is 0 Å². The van der Waals surface area contributed by atoms with Gasteiger partial charge in [0, 0.05) is 0 Å². The molecule has 0 spiro atoms. The third-order valence-corrected chi connectivity index (χ3v) is 2.83. The summed E-state index contributed by atoms with van der Waals surface area (Å²) in [6.07, 6.45) is 0.219. The highest BCUT2D eigenvalue weighted by molar-refractivity contribution is 5.86. The van der Waals surface area contributed by atoms with Crippen LogP contribution in [-0.2, 0) is 4.74 Å². The van der Waals surface area contributed by atoms with Crippen molar-refractivity contribution in [2.24, 2.45) is 5.73 Å². The van der Waals surface area contributed by atoms with E-state index in [2.05, 4.69) is 24.3 Å². The average molecular weight is 229 g/mol. The summed E-state index contributed by atoms with van der Waals surface area (Å²) in [4.78, 5) is 0. The van der Waals surface area contributed by atoms with Crippen LogP contribution in [0.25, 0.3) is 10.8 Å². The van der Waals surface area contributed by atoms with E-state index in [0.29, 0.717) is 6.61 Å². The van der Waals surface area contributed by atoms with Gasteiger partial charge in [-0.1, -0.05) is 42.5 Å². The lowest BCUT2D eigenvalue weighted by atomic mass is 10.00. The third-order valence-electron chi connectivity index (χ3n) is 2.83. The summed E-state index contributed by atoms with van der Waals surface area (Å²) in [7, 11) is 0. The fourth-order valence-electron chi connectivity index (χ4n) is 1.96. The van der Waals surface area contributed by atoms with Crippen LogP contribution in [0.1, 0.15) is 25.5 Å². The van der Waals surface area contributed by atoms with Gasteiger partial charge in [0.05, 0.1) is 18.8 Å². The Balaban J connectivity index is 2.28. The van der Waals surface area contributed by atoms with Crippen molar-refractivity contribution in [3.05, 3.63) is 48.0 Å². The first kappa shape index (κ1) is 12.1. The van der Waals surface area contributed by atoms with Crippen LogP contribution in [-0.4, -0.2) is 12.7 Å². The van der Waals surface area contributed by atoms with Gasteiger partial charge in [0.15, 0.2) is 0 Å². The van der Waals surface area contributed by atoms with Gasteiger partial charge in [-0.15, -0.1) is 0 Å². The van der Waals surface area contributed by atoms with Crippen molar-refractivity contribution in [2.75, 3.05) is 6.61 Å². The lowest BCUT2D eigenvalue weighted by Crippen LogP contribution is -2.19. The number of fused-ring (bicyclic) bond motifs is 1. The van der Waals surface area contributed by atoms with Gasteiger partial charge in [-0.25, -0.2) is 0 Å². The van der Waals surface area contributed by atoms with Crippen molar-refractivity contribution in [1.29, 1.82) is 0 Å². The summed E-state index contributed by atoms with van der Waals surface area (Å²) in [5.41, 5.74) is 7.34. The summed E-state index contributed by atoms with van der Waals surface area (Å²) in [5.74, 6) is 0. The Kier molecular flexibility index (Phi) is 3.77. The van der Waals surface area contributed by atoms with E-state index in [9.17, 15) is 0 Å². The van der Waals surface area contributed by atoms with Gasteiger partial charge < -0.3 is 10.5 Å². The van der Waals surface area contributed by atoms with E-state index in [4.69, 9.17) is 10.5 Å². The molecule has 2 rings (SSSR count). The highest BCUT2D eigenvalue weighted by atomic mass is 16.5. The molecular formula is C15H19NO. The second kappa shape index (κ2) is 5.30. The van der Waals surface area contributed by atoms with Crippen molar-refractivity contribution in [1.82, 2.24) is 0 Å². The largest absolute Gasteiger partial charge is 0.377 e. The maximum atomic E-state index is 6.18. The van der Waals surface area contributed by atoms with Crippen molar-refractivity contribution in [3.63, 3.8) is 0 Å². The number of ether oxygens (including phenoxy) is 1.